The van der Waals surface area contributed by atoms with E-state index in [0.29, 0.717) is 10.8 Å². The highest BCUT2D eigenvalue weighted by molar-refractivity contribution is 7.89. The Kier molecular flexibility index (Phi) is 5.79. The lowest BCUT2D eigenvalue weighted by atomic mass is 9.84. The molecule has 0 amide bonds. The number of nitrogens with one attached hydrogen (secondary N) is 1. The van der Waals surface area contributed by atoms with Crippen LogP contribution in [-0.2, 0) is 10.0 Å². The van der Waals surface area contributed by atoms with E-state index >= 15 is 0 Å². The molecule has 1 aliphatic rings. The molecule has 0 aromatic heterocycles. The Morgan fingerprint density at radius 3 is 2.38 bits per heavy atom. The maximum absolute atomic E-state index is 12.2. The first-order valence-corrected chi connectivity index (χ1v) is 9.36. The fourth-order valence-electron chi connectivity index (χ4n) is 2.80. The predicted molar refractivity (Wildman–Crippen MR) is 85.7 cm³/mol. The second kappa shape index (κ2) is 7.38. The van der Waals surface area contributed by atoms with Gasteiger partial charge in [-0.1, -0.05) is 38.3 Å². The van der Waals surface area contributed by atoms with E-state index in [1.165, 1.54) is 37.7 Å². The maximum Gasteiger partial charge on any atom is 0.240 e. The Labute approximate surface area is 128 Å². The molecule has 1 aromatic rings. The number of hydrogen-bond acceptors (Lipinski definition) is 3. The molecule has 1 aromatic carbocycles. The average molecular weight is 310 g/mol. The number of nitrogens with two attached hydrogens (primary N) is 1. The van der Waals surface area contributed by atoms with Crippen molar-refractivity contribution in [1.82, 2.24) is 4.72 Å². The minimum Gasteiger partial charge on any atom is -0.327 e. The molecule has 0 saturated heterocycles. The standard InChI is InChI=1S/C16H26N2O2S/c1-2-15(17)12-18-21(19,20)16-10-8-14(9-11-16)13-6-4-3-5-7-13/h8-11,13,15,18H,2-7,12,17H2,1H3. The number of sulfonamides is 1. The fourth-order valence-corrected chi connectivity index (χ4v) is 3.89. The molecule has 3 N–H and O–H groups in total. The van der Waals surface area contributed by atoms with E-state index in [2.05, 4.69) is 4.72 Å². The predicted octanol–water partition coefficient (Wildman–Crippen LogP) is 2.75. The highest BCUT2D eigenvalue weighted by Gasteiger charge is 2.18. The molecule has 4 nitrogen and oxygen atoms in total. The molecule has 0 aliphatic heterocycles. The van der Waals surface area contributed by atoms with E-state index in [1.807, 2.05) is 19.1 Å². The minimum absolute atomic E-state index is 0.138. The molecular weight excluding hydrogens is 284 g/mol. The molecule has 21 heavy (non-hydrogen) atoms. The van der Waals surface area contributed by atoms with Crippen LogP contribution in [0.5, 0.6) is 0 Å². The first kappa shape index (κ1) is 16.5. The van der Waals surface area contributed by atoms with Crippen LogP contribution in [0.2, 0.25) is 0 Å². The van der Waals surface area contributed by atoms with E-state index in [0.717, 1.165) is 6.42 Å². The summed E-state index contributed by atoms with van der Waals surface area (Å²) in [5.41, 5.74) is 7.02. The van der Waals surface area contributed by atoms with Gasteiger partial charge in [0.25, 0.3) is 0 Å². The van der Waals surface area contributed by atoms with Gasteiger partial charge < -0.3 is 5.73 Å². The summed E-state index contributed by atoms with van der Waals surface area (Å²) in [6.45, 7) is 2.22. The third-order valence-electron chi connectivity index (χ3n) is 4.33. The molecule has 5 heteroatoms. The van der Waals surface area contributed by atoms with Crippen LogP contribution in [0.1, 0.15) is 56.9 Å². The van der Waals surface area contributed by atoms with Gasteiger partial charge in [0.05, 0.1) is 4.90 Å². The van der Waals surface area contributed by atoms with Crippen LogP contribution in [-0.4, -0.2) is 21.0 Å². The Morgan fingerprint density at radius 1 is 1.19 bits per heavy atom. The summed E-state index contributed by atoms with van der Waals surface area (Å²) in [6, 6.07) is 7.21. The van der Waals surface area contributed by atoms with Crippen LogP contribution in [0.4, 0.5) is 0 Å². The van der Waals surface area contributed by atoms with Crippen LogP contribution in [0.3, 0.4) is 0 Å². The Bertz CT molecular complexity index is 534. The van der Waals surface area contributed by atoms with Gasteiger partial charge in [-0.15, -0.1) is 0 Å². The van der Waals surface area contributed by atoms with Crippen LogP contribution in [0.25, 0.3) is 0 Å². The molecule has 0 bridgehead atoms. The van der Waals surface area contributed by atoms with Crippen molar-refractivity contribution in [1.29, 1.82) is 0 Å². The topological polar surface area (TPSA) is 72.2 Å². The number of hydrogen-bond donors (Lipinski definition) is 2. The van der Waals surface area contributed by atoms with Crippen molar-refractivity contribution in [2.75, 3.05) is 6.54 Å². The van der Waals surface area contributed by atoms with Gasteiger partial charge in [0.15, 0.2) is 0 Å². The Morgan fingerprint density at radius 2 is 1.81 bits per heavy atom. The highest BCUT2D eigenvalue weighted by atomic mass is 32.2. The SMILES string of the molecule is CCC(N)CNS(=O)(=O)c1ccc(C2CCCCC2)cc1. The summed E-state index contributed by atoms with van der Waals surface area (Å²) in [4.78, 5) is 0.324. The molecule has 1 atom stereocenters. The normalized spacial score (nSPS) is 18.6. The van der Waals surface area contributed by atoms with Gasteiger partial charge in [-0.3, -0.25) is 0 Å². The molecule has 1 unspecified atom stereocenters. The zero-order chi connectivity index (χ0) is 15.3. The summed E-state index contributed by atoms with van der Waals surface area (Å²) < 4.78 is 26.9. The second-order valence-corrected chi connectivity index (χ2v) is 7.69. The summed E-state index contributed by atoms with van der Waals surface area (Å²) in [7, 11) is -3.44. The smallest absolute Gasteiger partial charge is 0.240 e. The highest BCUT2D eigenvalue weighted by Crippen LogP contribution is 2.32. The van der Waals surface area contributed by atoms with E-state index < -0.39 is 10.0 Å². The zero-order valence-electron chi connectivity index (χ0n) is 12.7. The third-order valence-corrected chi connectivity index (χ3v) is 5.77. The lowest BCUT2D eigenvalue weighted by molar-refractivity contribution is 0.443. The van der Waals surface area contributed by atoms with Gasteiger partial charge in [-0.2, -0.15) is 0 Å². The van der Waals surface area contributed by atoms with E-state index in [1.54, 1.807) is 12.1 Å². The van der Waals surface area contributed by atoms with Gasteiger partial charge >= 0.3 is 0 Å². The van der Waals surface area contributed by atoms with Crippen LogP contribution in [0, 0.1) is 0 Å². The van der Waals surface area contributed by atoms with Crippen molar-refractivity contribution in [3.05, 3.63) is 29.8 Å². The number of rotatable bonds is 6. The monoisotopic (exact) mass is 310 g/mol. The van der Waals surface area contributed by atoms with Gasteiger partial charge in [0, 0.05) is 12.6 Å². The summed E-state index contributed by atoms with van der Waals surface area (Å²) in [5, 5.41) is 0. The molecule has 2 rings (SSSR count). The average Bonchev–Trinajstić information content (AvgIpc) is 2.53. The van der Waals surface area contributed by atoms with Gasteiger partial charge in [-0.05, 0) is 42.9 Å². The zero-order valence-corrected chi connectivity index (χ0v) is 13.5. The quantitative estimate of drug-likeness (QED) is 0.848. The van der Waals surface area contributed by atoms with Crippen LogP contribution in [0.15, 0.2) is 29.2 Å². The summed E-state index contributed by atoms with van der Waals surface area (Å²) >= 11 is 0. The van der Waals surface area contributed by atoms with Gasteiger partial charge in [0.1, 0.15) is 0 Å². The first-order chi connectivity index (χ1) is 10.0. The minimum atomic E-state index is -3.44. The molecule has 0 spiro atoms. The maximum atomic E-state index is 12.2. The molecule has 0 radical (unpaired) electrons. The largest absolute Gasteiger partial charge is 0.327 e. The van der Waals surface area contributed by atoms with E-state index in [-0.39, 0.29) is 12.6 Å². The van der Waals surface area contributed by atoms with E-state index in [9.17, 15) is 8.42 Å². The van der Waals surface area contributed by atoms with Gasteiger partial charge in [0.2, 0.25) is 10.0 Å². The molecule has 0 heterocycles. The van der Waals surface area contributed by atoms with Crippen molar-refractivity contribution in [2.24, 2.45) is 5.73 Å². The van der Waals surface area contributed by atoms with Crippen molar-refractivity contribution in [3.8, 4) is 0 Å². The number of benzene rings is 1. The summed E-state index contributed by atoms with van der Waals surface area (Å²) in [5.74, 6) is 0.594. The van der Waals surface area contributed by atoms with E-state index in [4.69, 9.17) is 5.73 Å². The second-order valence-electron chi connectivity index (χ2n) is 5.92. The van der Waals surface area contributed by atoms with Crippen molar-refractivity contribution >= 4 is 10.0 Å². The lowest BCUT2D eigenvalue weighted by Crippen LogP contribution is -2.36. The molecule has 1 aliphatic carbocycles. The Balaban J connectivity index is 2.03. The summed E-state index contributed by atoms with van der Waals surface area (Å²) in [6.07, 6.45) is 7.07. The van der Waals surface area contributed by atoms with Crippen molar-refractivity contribution in [3.63, 3.8) is 0 Å². The molecular formula is C16H26N2O2S. The van der Waals surface area contributed by atoms with Crippen molar-refractivity contribution in [2.45, 2.75) is 62.3 Å². The van der Waals surface area contributed by atoms with Crippen LogP contribution < -0.4 is 10.5 Å². The first-order valence-electron chi connectivity index (χ1n) is 7.88. The third kappa shape index (κ3) is 4.53. The molecule has 118 valence electrons. The Hall–Kier alpha value is -0.910. The fraction of sp³-hybridized carbons (Fsp3) is 0.625. The molecule has 1 fully saturated rings. The van der Waals surface area contributed by atoms with Crippen molar-refractivity contribution < 1.29 is 8.42 Å². The van der Waals surface area contributed by atoms with Crippen LogP contribution >= 0.6 is 0 Å². The lowest BCUT2D eigenvalue weighted by Gasteiger charge is -2.22. The van der Waals surface area contributed by atoms with Gasteiger partial charge in [-0.25, -0.2) is 13.1 Å². The molecule has 1 saturated carbocycles.